The third kappa shape index (κ3) is 7.03. The molecule has 2 amide bonds. The van der Waals surface area contributed by atoms with E-state index in [0.717, 1.165) is 0 Å². The first-order valence-corrected chi connectivity index (χ1v) is 9.15. The maximum atomic E-state index is 12.2. The summed E-state index contributed by atoms with van der Waals surface area (Å²) in [7, 11) is 0. The molecule has 0 saturated carbocycles. The second-order valence-electron chi connectivity index (χ2n) is 5.08. The van der Waals surface area contributed by atoms with Crippen LogP contribution in [0.2, 0.25) is 0 Å². The molecule has 0 heterocycles. The van der Waals surface area contributed by atoms with Gasteiger partial charge in [0.2, 0.25) is 3.79 Å². The largest absolute Gasteiger partial charge is 0.478 e. The summed E-state index contributed by atoms with van der Waals surface area (Å²) < 4.78 is -1.88. The van der Waals surface area contributed by atoms with Gasteiger partial charge in [-0.2, -0.15) is 0 Å². The predicted octanol–water partition coefficient (Wildman–Crippen LogP) is 3.42. The molecule has 1 atom stereocenters. The Morgan fingerprint density at radius 1 is 1.23 bits per heavy atom. The highest BCUT2D eigenvalue weighted by atomic mass is 35.6. The van der Waals surface area contributed by atoms with E-state index in [0.29, 0.717) is 18.8 Å². The molecule has 0 radical (unpaired) electrons. The molecule has 7 nitrogen and oxygen atoms in total. The number of hydrogen-bond acceptors (Lipinski definition) is 3. The molecule has 0 unspecified atom stereocenters. The number of rotatable bonds is 6. The first kappa shape index (κ1) is 22.6. The molecular weight excluding hydrogens is 423 g/mol. The van der Waals surface area contributed by atoms with Crippen molar-refractivity contribution < 1.29 is 14.7 Å². The first-order chi connectivity index (χ1) is 12.1. The van der Waals surface area contributed by atoms with Crippen LogP contribution in [0.25, 0.3) is 0 Å². The molecule has 0 aliphatic carbocycles. The zero-order valence-corrected chi connectivity index (χ0v) is 17.1. The Bertz CT molecular complexity index is 666. The lowest BCUT2D eigenvalue weighted by Crippen LogP contribution is -2.58. The van der Waals surface area contributed by atoms with Crippen molar-refractivity contribution >= 4 is 69.8 Å². The summed E-state index contributed by atoms with van der Waals surface area (Å²) in [4.78, 5) is 24.7. The number of carbonyl (C=O) groups is 2. The topological polar surface area (TPSA) is 93.7 Å². The molecule has 11 heteroatoms. The maximum Gasteiger partial charge on any atom is 0.335 e. The van der Waals surface area contributed by atoms with Gasteiger partial charge in [-0.1, -0.05) is 40.9 Å². The number of alkyl halides is 3. The van der Waals surface area contributed by atoms with E-state index in [1.807, 2.05) is 13.8 Å². The Hall–Kier alpha value is -1.48. The fourth-order valence-electron chi connectivity index (χ4n) is 1.95. The highest BCUT2D eigenvalue weighted by molar-refractivity contribution is 7.80. The van der Waals surface area contributed by atoms with Crippen LogP contribution in [0.3, 0.4) is 0 Å². The summed E-state index contributed by atoms with van der Waals surface area (Å²) in [5, 5.41) is 17.1. The number of urea groups is 1. The van der Waals surface area contributed by atoms with Crippen molar-refractivity contribution in [3.8, 4) is 0 Å². The molecule has 26 heavy (non-hydrogen) atoms. The molecule has 1 rings (SSSR count). The van der Waals surface area contributed by atoms with Gasteiger partial charge in [-0.05, 0) is 44.3 Å². The van der Waals surface area contributed by atoms with Crippen LogP contribution in [0.4, 0.5) is 10.5 Å². The van der Waals surface area contributed by atoms with E-state index in [1.54, 1.807) is 12.1 Å². The minimum Gasteiger partial charge on any atom is -0.478 e. The standard InChI is InChI=1S/C15H19Cl3N4O3S/c1-3-22(4-2)14(25)21-12(15(16,17)18)20-13(26)19-10-7-5-6-9(8-10)11(23)24/h5-8,12H,3-4H2,1-2H3,(H,21,25)(H,23,24)(H2,19,20,26)/t12-/m1/s1. The number of halogens is 3. The van der Waals surface area contributed by atoms with Crippen LogP contribution in [-0.4, -0.2) is 50.2 Å². The van der Waals surface area contributed by atoms with Crippen LogP contribution >= 0.6 is 47.0 Å². The van der Waals surface area contributed by atoms with E-state index in [1.165, 1.54) is 17.0 Å². The number of carboxylic acids is 1. The van der Waals surface area contributed by atoms with E-state index >= 15 is 0 Å². The minimum absolute atomic E-state index is 0.0451. The number of anilines is 1. The number of hydrogen-bond donors (Lipinski definition) is 4. The molecule has 0 aliphatic rings. The third-order valence-electron chi connectivity index (χ3n) is 3.29. The summed E-state index contributed by atoms with van der Waals surface area (Å²) in [6.07, 6.45) is -1.11. The molecule has 144 valence electrons. The Morgan fingerprint density at radius 2 is 1.85 bits per heavy atom. The molecule has 1 aromatic carbocycles. The number of thiocarbonyl (C=S) groups is 1. The maximum absolute atomic E-state index is 12.2. The second-order valence-corrected chi connectivity index (χ2v) is 7.86. The van der Waals surface area contributed by atoms with Crippen molar-refractivity contribution in [1.29, 1.82) is 0 Å². The number of benzene rings is 1. The summed E-state index contributed by atoms with van der Waals surface area (Å²) in [6, 6.07) is 5.60. The predicted molar refractivity (Wildman–Crippen MR) is 108 cm³/mol. The van der Waals surface area contributed by atoms with Gasteiger partial charge in [-0.3, -0.25) is 0 Å². The lowest BCUT2D eigenvalue weighted by molar-refractivity contribution is 0.0697. The second kappa shape index (κ2) is 10.0. The van der Waals surface area contributed by atoms with Crippen molar-refractivity contribution in [1.82, 2.24) is 15.5 Å². The van der Waals surface area contributed by atoms with Gasteiger partial charge in [-0.25, -0.2) is 9.59 Å². The molecule has 0 saturated heterocycles. The van der Waals surface area contributed by atoms with Crippen LogP contribution in [0.1, 0.15) is 24.2 Å². The van der Waals surface area contributed by atoms with Gasteiger partial charge in [0.15, 0.2) is 11.3 Å². The summed E-state index contributed by atoms with van der Waals surface area (Å²) in [5.74, 6) is -1.07. The molecule has 0 spiro atoms. The monoisotopic (exact) mass is 440 g/mol. The SMILES string of the molecule is CCN(CC)C(=O)N[C@@H](NC(=S)Nc1cccc(C(=O)O)c1)C(Cl)(Cl)Cl. The van der Waals surface area contributed by atoms with E-state index < -0.39 is 22.0 Å². The zero-order chi connectivity index (χ0) is 19.9. The van der Waals surface area contributed by atoms with E-state index in [-0.39, 0.29) is 10.7 Å². The third-order valence-corrected chi connectivity index (χ3v) is 4.16. The molecule has 1 aromatic rings. The minimum atomic E-state index is -1.88. The quantitative estimate of drug-likeness (QED) is 0.307. The lowest BCUT2D eigenvalue weighted by atomic mass is 10.2. The van der Waals surface area contributed by atoms with Crippen molar-refractivity contribution in [3.63, 3.8) is 0 Å². The smallest absolute Gasteiger partial charge is 0.335 e. The molecular formula is C15H19Cl3N4O3S. The molecule has 4 N–H and O–H groups in total. The zero-order valence-electron chi connectivity index (χ0n) is 14.1. The summed E-state index contributed by atoms with van der Waals surface area (Å²) in [6.45, 7) is 4.62. The highest BCUT2D eigenvalue weighted by Gasteiger charge is 2.35. The molecule has 0 fully saturated rings. The van der Waals surface area contributed by atoms with E-state index in [2.05, 4.69) is 16.0 Å². The number of aromatic carboxylic acids is 1. The van der Waals surface area contributed by atoms with Crippen molar-refractivity contribution in [2.45, 2.75) is 23.8 Å². The average Bonchev–Trinajstić information content (AvgIpc) is 2.54. The van der Waals surface area contributed by atoms with Gasteiger partial charge in [-0.15, -0.1) is 0 Å². The molecule has 0 aromatic heterocycles. The number of carboxylic acid groups (broad SMARTS) is 1. The fourth-order valence-corrected chi connectivity index (χ4v) is 2.52. The van der Waals surface area contributed by atoms with Crippen molar-refractivity contribution in [2.75, 3.05) is 18.4 Å². The number of nitrogens with zero attached hydrogens (tertiary/aromatic N) is 1. The van der Waals surface area contributed by atoms with Gasteiger partial charge >= 0.3 is 12.0 Å². The number of nitrogens with one attached hydrogen (secondary N) is 3. The highest BCUT2D eigenvalue weighted by Crippen LogP contribution is 2.29. The van der Waals surface area contributed by atoms with Crippen LogP contribution < -0.4 is 16.0 Å². The average molecular weight is 442 g/mol. The van der Waals surface area contributed by atoms with Crippen LogP contribution in [-0.2, 0) is 0 Å². The Morgan fingerprint density at radius 3 is 2.35 bits per heavy atom. The van der Waals surface area contributed by atoms with Crippen LogP contribution in [0.15, 0.2) is 24.3 Å². The Kier molecular flexibility index (Phi) is 8.69. The molecule has 0 bridgehead atoms. The van der Waals surface area contributed by atoms with Gasteiger partial charge in [0.25, 0.3) is 0 Å². The van der Waals surface area contributed by atoms with Crippen molar-refractivity contribution in [2.24, 2.45) is 0 Å². The summed E-state index contributed by atoms with van der Waals surface area (Å²) >= 11 is 22.9. The summed E-state index contributed by atoms with van der Waals surface area (Å²) in [5.41, 5.74) is 0.520. The number of carbonyl (C=O) groups excluding carboxylic acids is 1. The fraction of sp³-hybridized carbons (Fsp3) is 0.400. The van der Waals surface area contributed by atoms with Crippen molar-refractivity contribution in [3.05, 3.63) is 29.8 Å². The van der Waals surface area contributed by atoms with Gasteiger partial charge in [0.05, 0.1) is 5.56 Å². The van der Waals surface area contributed by atoms with Crippen LogP contribution in [0.5, 0.6) is 0 Å². The normalized spacial score (nSPS) is 12.0. The van der Waals surface area contributed by atoms with E-state index in [9.17, 15) is 9.59 Å². The Balaban J connectivity index is 2.82. The number of amides is 2. The van der Waals surface area contributed by atoms with Crippen LogP contribution in [0, 0.1) is 0 Å². The van der Waals surface area contributed by atoms with Gasteiger partial charge in [0, 0.05) is 18.8 Å². The first-order valence-electron chi connectivity index (χ1n) is 7.61. The van der Waals surface area contributed by atoms with Gasteiger partial charge < -0.3 is 26.0 Å². The molecule has 0 aliphatic heterocycles. The lowest BCUT2D eigenvalue weighted by Gasteiger charge is -2.30. The van der Waals surface area contributed by atoms with E-state index in [4.69, 9.17) is 52.1 Å². The Labute approximate surface area is 172 Å². The van der Waals surface area contributed by atoms with Gasteiger partial charge in [0.1, 0.15) is 0 Å².